The third-order valence-corrected chi connectivity index (χ3v) is 11.8. The number of fused-ring (bicyclic) bond motifs is 3. The molecule has 6 rings (SSSR count). The molecule has 4 N–H and O–H groups in total. The fourth-order valence-corrected chi connectivity index (χ4v) is 8.46. The quantitative estimate of drug-likeness (QED) is 0.336. The second kappa shape index (κ2) is 13.9. The number of ether oxygens (including phenoxy) is 1. The molecule has 0 aromatic heterocycles. The van der Waals surface area contributed by atoms with E-state index in [1.807, 2.05) is 36.4 Å². The zero-order chi connectivity index (χ0) is 35.8. The molecular weight excluding hydrogens is 664 g/mol. The smallest absolute Gasteiger partial charge is 0.408 e. The molecule has 0 bridgehead atoms. The van der Waals surface area contributed by atoms with Gasteiger partial charge in [-0.25, -0.2) is 18.0 Å². The summed E-state index contributed by atoms with van der Waals surface area (Å²) in [6.07, 6.45) is 7.41. The van der Waals surface area contributed by atoms with Crippen molar-refractivity contribution in [1.82, 2.24) is 30.5 Å². The summed E-state index contributed by atoms with van der Waals surface area (Å²) in [5, 5.41) is 7.93. The van der Waals surface area contributed by atoms with Gasteiger partial charge in [-0.05, 0) is 76.8 Å². The monoisotopic (exact) mass is 712 g/mol. The summed E-state index contributed by atoms with van der Waals surface area (Å²) in [5.41, 5.74) is -0.204. The van der Waals surface area contributed by atoms with Crippen molar-refractivity contribution < 1.29 is 37.1 Å². The van der Waals surface area contributed by atoms with Gasteiger partial charge in [-0.15, -0.1) is 0 Å². The maximum absolute atomic E-state index is 14.3. The van der Waals surface area contributed by atoms with E-state index in [0.717, 1.165) is 24.0 Å². The molecule has 5 aliphatic rings. The zero-order valence-electron chi connectivity index (χ0n) is 28.9. The Morgan fingerprint density at radius 1 is 0.980 bits per heavy atom. The van der Waals surface area contributed by atoms with Crippen LogP contribution in [0.5, 0.6) is 0 Å². The largest absolute Gasteiger partial charge is 0.444 e. The standard InChI is InChI=1S/C35H48N6O8S/c1-34(2,3)49-33(46)37-27-14-8-6-4-5-7-13-24-18-35(24,31(44)39-50(47,48)26-15-16-26)38-29(42)28-17-25(21-41(28)30(27)43)36-32(45)40-19-22-11-9-10-12-23(22)20-40/h7,9-13,24-28H,4-6,8,14-21H2,1-3H3,(H,36,45)(H,37,46)(H,38,42)(H,39,44)/b13-7-/t24-,25-,27+,28+,35-/m1/s1. The molecule has 1 aromatic carbocycles. The van der Waals surface area contributed by atoms with Gasteiger partial charge in [0.2, 0.25) is 21.8 Å². The van der Waals surface area contributed by atoms with Gasteiger partial charge < -0.3 is 30.5 Å². The molecule has 3 aliphatic heterocycles. The summed E-state index contributed by atoms with van der Waals surface area (Å²) in [6, 6.07) is 4.73. The van der Waals surface area contributed by atoms with Crippen LogP contribution in [0.4, 0.5) is 9.59 Å². The van der Waals surface area contributed by atoms with E-state index in [4.69, 9.17) is 4.74 Å². The van der Waals surface area contributed by atoms with Crippen LogP contribution in [0, 0.1) is 5.92 Å². The lowest BCUT2D eigenvalue weighted by molar-refractivity contribution is -0.141. The van der Waals surface area contributed by atoms with Crippen LogP contribution in [0.25, 0.3) is 0 Å². The van der Waals surface area contributed by atoms with Gasteiger partial charge in [0.15, 0.2) is 0 Å². The zero-order valence-corrected chi connectivity index (χ0v) is 29.7. The van der Waals surface area contributed by atoms with Crippen molar-refractivity contribution in [3.8, 4) is 0 Å². The molecule has 5 atom stereocenters. The molecule has 1 aromatic rings. The Kier molecular flexibility index (Phi) is 9.90. The highest BCUT2D eigenvalue weighted by Crippen LogP contribution is 2.46. The average Bonchev–Trinajstić information content (AvgIpc) is 3.92. The van der Waals surface area contributed by atoms with Crippen molar-refractivity contribution >= 4 is 39.9 Å². The average molecular weight is 713 g/mol. The number of urea groups is 1. The van der Waals surface area contributed by atoms with Crippen molar-refractivity contribution in [2.45, 2.75) is 126 Å². The lowest BCUT2D eigenvalue weighted by atomic mass is 10.0. The van der Waals surface area contributed by atoms with Crippen LogP contribution in [0.15, 0.2) is 36.4 Å². The Balaban J connectivity index is 1.25. The Hall–Kier alpha value is -4.14. The van der Waals surface area contributed by atoms with Gasteiger partial charge in [0.05, 0.1) is 11.3 Å². The number of rotatable bonds is 5. The Labute approximate surface area is 293 Å². The first-order valence-electron chi connectivity index (χ1n) is 17.6. The molecule has 1 saturated heterocycles. The minimum atomic E-state index is -3.88. The fraction of sp³-hybridized carbons (Fsp3) is 0.629. The highest BCUT2D eigenvalue weighted by molar-refractivity contribution is 7.91. The van der Waals surface area contributed by atoms with Crippen LogP contribution < -0.4 is 20.7 Å². The van der Waals surface area contributed by atoms with Gasteiger partial charge in [-0.2, -0.15) is 0 Å². The molecule has 50 heavy (non-hydrogen) atoms. The number of nitrogens with one attached hydrogen (secondary N) is 4. The first-order chi connectivity index (χ1) is 23.6. The first kappa shape index (κ1) is 35.7. The molecule has 272 valence electrons. The van der Waals surface area contributed by atoms with Crippen LogP contribution >= 0.6 is 0 Å². The number of allylic oxidation sites excluding steroid dienone is 1. The van der Waals surface area contributed by atoms with Crippen LogP contribution in [-0.4, -0.2) is 89.1 Å². The number of benzene rings is 1. The highest BCUT2D eigenvalue weighted by atomic mass is 32.2. The second-order valence-corrected chi connectivity index (χ2v) is 17.2. The minimum absolute atomic E-state index is 0.00542. The summed E-state index contributed by atoms with van der Waals surface area (Å²) in [7, 11) is -3.88. The summed E-state index contributed by atoms with van der Waals surface area (Å²) < 4.78 is 33.2. The summed E-state index contributed by atoms with van der Waals surface area (Å²) in [5.74, 6) is -2.36. The fourth-order valence-electron chi connectivity index (χ4n) is 7.10. The van der Waals surface area contributed by atoms with Crippen molar-refractivity contribution in [2.75, 3.05) is 6.54 Å². The Bertz CT molecular complexity index is 1650. The molecular formula is C35H48N6O8S. The van der Waals surface area contributed by atoms with Crippen LogP contribution in [0.1, 0.15) is 89.7 Å². The van der Waals surface area contributed by atoms with Crippen LogP contribution in [-0.2, 0) is 42.2 Å². The topological polar surface area (TPSA) is 183 Å². The van der Waals surface area contributed by atoms with Gasteiger partial charge in [0.1, 0.15) is 23.2 Å². The molecule has 15 heteroatoms. The number of nitrogens with zero attached hydrogens (tertiary/aromatic N) is 2. The first-order valence-corrected chi connectivity index (χ1v) is 19.2. The minimum Gasteiger partial charge on any atom is -0.444 e. The van der Waals surface area contributed by atoms with E-state index < -0.39 is 74.3 Å². The number of hydrogen-bond acceptors (Lipinski definition) is 8. The normalized spacial score (nSPS) is 29.3. The van der Waals surface area contributed by atoms with E-state index in [-0.39, 0.29) is 25.4 Å². The molecule has 6 amide bonds. The van der Waals surface area contributed by atoms with Gasteiger partial charge in [0, 0.05) is 25.6 Å². The van der Waals surface area contributed by atoms with E-state index in [1.165, 1.54) is 4.90 Å². The van der Waals surface area contributed by atoms with Crippen molar-refractivity contribution in [3.63, 3.8) is 0 Å². The summed E-state index contributed by atoms with van der Waals surface area (Å²) >= 11 is 0. The van der Waals surface area contributed by atoms with Crippen LogP contribution in [0.2, 0.25) is 0 Å². The van der Waals surface area contributed by atoms with Crippen LogP contribution in [0.3, 0.4) is 0 Å². The van der Waals surface area contributed by atoms with Gasteiger partial charge in [-0.1, -0.05) is 49.3 Å². The second-order valence-electron chi connectivity index (χ2n) is 15.2. The number of carbonyl (C=O) groups excluding carboxylic acids is 5. The lowest BCUT2D eigenvalue weighted by Crippen LogP contribution is -2.58. The lowest BCUT2D eigenvalue weighted by Gasteiger charge is -2.30. The van der Waals surface area contributed by atoms with Crippen molar-refractivity contribution in [2.24, 2.45) is 5.92 Å². The van der Waals surface area contributed by atoms with E-state index >= 15 is 0 Å². The third kappa shape index (κ3) is 8.08. The third-order valence-electron chi connectivity index (χ3n) is 10.0. The van der Waals surface area contributed by atoms with E-state index in [2.05, 4.69) is 20.7 Å². The predicted octanol–water partition coefficient (Wildman–Crippen LogP) is 2.58. The molecule has 2 aliphatic carbocycles. The van der Waals surface area contributed by atoms with E-state index in [0.29, 0.717) is 45.2 Å². The van der Waals surface area contributed by atoms with Crippen molar-refractivity contribution in [3.05, 3.63) is 47.5 Å². The molecule has 2 saturated carbocycles. The molecule has 14 nitrogen and oxygen atoms in total. The van der Waals surface area contributed by atoms with Crippen molar-refractivity contribution in [1.29, 1.82) is 0 Å². The Morgan fingerprint density at radius 3 is 2.34 bits per heavy atom. The maximum atomic E-state index is 14.3. The number of hydrogen-bond donors (Lipinski definition) is 4. The molecule has 0 radical (unpaired) electrons. The SMILES string of the molecule is CC(C)(C)OC(=O)N[C@H]1CCCCC/C=C\[C@@H]2C[C@@]2(C(=O)NS(=O)(=O)C2CC2)NC(=O)[C@@H]2C[C@@H](NC(=O)N3Cc4ccccc4C3)CN2C1=O. The van der Waals surface area contributed by atoms with Gasteiger partial charge in [0.25, 0.3) is 5.91 Å². The number of sulfonamides is 1. The molecule has 0 unspecified atom stereocenters. The maximum Gasteiger partial charge on any atom is 0.408 e. The molecule has 3 heterocycles. The van der Waals surface area contributed by atoms with Gasteiger partial charge >= 0.3 is 12.1 Å². The summed E-state index contributed by atoms with van der Waals surface area (Å²) in [6.45, 7) is 6.02. The van der Waals surface area contributed by atoms with E-state index in [1.54, 1.807) is 25.7 Å². The number of alkyl carbamates (subject to hydrolysis) is 1. The highest BCUT2D eigenvalue weighted by Gasteiger charge is 2.62. The molecule has 3 fully saturated rings. The van der Waals surface area contributed by atoms with E-state index in [9.17, 15) is 32.4 Å². The predicted molar refractivity (Wildman–Crippen MR) is 183 cm³/mol. The Morgan fingerprint density at radius 2 is 1.68 bits per heavy atom. The number of carbonyl (C=O) groups is 5. The summed E-state index contributed by atoms with van der Waals surface area (Å²) in [4.78, 5) is 71.4. The van der Waals surface area contributed by atoms with Gasteiger partial charge in [-0.3, -0.25) is 19.1 Å². The molecule has 0 spiro atoms. The number of amides is 6.